The SMILES string of the molecule is Cc1cc(CCCC(=O)NCC2(O)CCSC2)c(C)s1. The molecule has 1 saturated heterocycles. The quantitative estimate of drug-likeness (QED) is 0.849. The van der Waals surface area contributed by atoms with Crippen molar-refractivity contribution in [3.63, 3.8) is 0 Å². The molecule has 3 nitrogen and oxygen atoms in total. The van der Waals surface area contributed by atoms with Gasteiger partial charge in [0.2, 0.25) is 5.91 Å². The summed E-state index contributed by atoms with van der Waals surface area (Å²) < 4.78 is 0. The average molecular weight is 313 g/mol. The first kappa shape index (κ1) is 15.9. The minimum absolute atomic E-state index is 0.0555. The molecule has 0 aliphatic carbocycles. The van der Waals surface area contributed by atoms with Crippen LogP contribution in [0.2, 0.25) is 0 Å². The maximum Gasteiger partial charge on any atom is 0.220 e. The molecule has 2 N–H and O–H groups in total. The molecule has 1 aliphatic heterocycles. The Morgan fingerprint density at radius 3 is 2.90 bits per heavy atom. The van der Waals surface area contributed by atoms with Crippen molar-refractivity contribution in [3.05, 3.63) is 21.4 Å². The van der Waals surface area contributed by atoms with Crippen LogP contribution >= 0.6 is 23.1 Å². The standard InChI is InChI=1S/C15H23NO2S2/c1-11-8-13(12(2)20-11)4-3-5-14(17)16-9-15(18)6-7-19-10-15/h8,18H,3-7,9-10H2,1-2H3,(H,16,17). The van der Waals surface area contributed by atoms with Gasteiger partial charge >= 0.3 is 0 Å². The minimum Gasteiger partial charge on any atom is -0.387 e. The van der Waals surface area contributed by atoms with E-state index in [4.69, 9.17) is 0 Å². The molecule has 1 aliphatic rings. The molecule has 2 rings (SSSR count). The van der Waals surface area contributed by atoms with Crippen LogP contribution in [0.4, 0.5) is 0 Å². The van der Waals surface area contributed by atoms with Crippen LogP contribution in [0.15, 0.2) is 6.07 Å². The summed E-state index contributed by atoms with van der Waals surface area (Å²) in [4.78, 5) is 14.5. The van der Waals surface area contributed by atoms with E-state index in [9.17, 15) is 9.90 Å². The number of carbonyl (C=O) groups is 1. The van der Waals surface area contributed by atoms with Crippen LogP contribution in [0.25, 0.3) is 0 Å². The zero-order valence-electron chi connectivity index (χ0n) is 12.2. The molecule has 20 heavy (non-hydrogen) atoms. The highest BCUT2D eigenvalue weighted by molar-refractivity contribution is 7.99. The summed E-state index contributed by atoms with van der Waals surface area (Å²) in [5, 5.41) is 13.0. The van der Waals surface area contributed by atoms with Gasteiger partial charge in [0.05, 0.1) is 5.60 Å². The van der Waals surface area contributed by atoms with Gasteiger partial charge in [0, 0.05) is 28.5 Å². The van der Waals surface area contributed by atoms with Crippen LogP contribution in [0.3, 0.4) is 0 Å². The third kappa shape index (κ3) is 4.50. The van der Waals surface area contributed by atoms with Crippen molar-refractivity contribution in [1.82, 2.24) is 5.32 Å². The predicted molar refractivity (Wildman–Crippen MR) is 86.6 cm³/mol. The lowest BCUT2D eigenvalue weighted by molar-refractivity contribution is -0.122. The van der Waals surface area contributed by atoms with Crippen molar-refractivity contribution in [2.24, 2.45) is 0 Å². The van der Waals surface area contributed by atoms with E-state index in [0.717, 1.165) is 30.8 Å². The van der Waals surface area contributed by atoms with Gasteiger partial charge in [-0.1, -0.05) is 0 Å². The second-order valence-electron chi connectivity index (χ2n) is 5.60. The number of hydrogen-bond acceptors (Lipinski definition) is 4. The third-order valence-corrected chi connectivity index (χ3v) is 5.93. The van der Waals surface area contributed by atoms with Crippen molar-refractivity contribution in [3.8, 4) is 0 Å². The monoisotopic (exact) mass is 313 g/mol. The zero-order chi connectivity index (χ0) is 14.6. The Kier molecular flexibility index (Phi) is 5.52. The van der Waals surface area contributed by atoms with Crippen LogP contribution in [-0.2, 0) is 11.2 Å². The van der Waals surface area contributed by atoms with Gasteiger partial charge < -0.3 is 10.4 Å². The summed E-state index contributed by atoms with van der Waals surface area (Å²) in [7, 11) is 0. The molecule has 2 heterocycles. The number of thioether (sulfide) groups is 1. The van der Waals surface area contributed by atoms with Gasteiger partial charge in [0.1, 0.15) is 0 Å². The highest BCUT2D eigenvalue weighted by atomic mass is 32.2. The Labute approximate surface area is 129 Å². The van der Waals surface area contributed by atoms with Crippen molar-refractivity contribution >= 4 is 29.0 Å². The highest BCUT2D eigenvalue weighted by Crippen LogP contribution is 2.27. The van der Waals surface area contributed by atoms with E-state index in [0.29, 0.717) is 13.0 Å². The normalized spacial score (nSPS) is 22.1. The third-order valence-electron chi connectivity index (χ3n) is 3.69. The molecule has 5 heteroatoms. The van der Waals surface area contributed by atoms with E-state index in [1.165, 1.54) is 15.3 Å². The van der Waals surface area contributed by atoms with Gasteiger partial charge in [0.15, 0.2) is 0 Å². The van der Waals surface area contributed by atoms with Gasteiger partial charge in [0.25, 0.3) is 0 Å². The summed E-state index contributed by atoms with van der Waals surface area (Å²) in [6.07, 6.45) is 3.16. The van der Waals surface area contributed by atoms with E-state index >= 15 is 0 Å². The summed E-state index contributed by atoms with van der Waals surface area (Å²) >= 11 is 3.57. The van der Waals surface area contributed by atoms with E-state index in [1.54, 1.807) is 11.8 Å². The first-order chi connectivity index (χ1) is 9.48. The minimum atomic E-state index is -0.679. The number of hydrogen-bond donors (Lipinski definition) is 2. The number of aliphatic hydroxyl groups is 1. The second kappa shape index (κ2) is 6.96. The summed E-state index contributed by atoms with van der Waals surface area (Å²) in [6, 6.07) is 2.22. The molecular formula is C15H23NO2S2. The summed E-state index contributed by atoms with van der Waals surface area (Å²) in [6.45, 7) is 4.66. The number of thiophene rings is 1. The highest BCUT2D eigenvalue weighted by Gasteiger charge is 2.31. The molecule has 1 amide bonds. The predicted octanol–water partition coefficient (Wildman–Crippen LogP) is 2.67. The van der Waals surface area contributed by atoms with Crippen molar-refractivity contribution in [2.45, 2.75) is 45.1 Å². The van der Waals surface area contributed by atoms with Crippen LogP contribution in [0.5, 0.6) is 0 Å². The van der Waals surface area contributed by atoms with Crippen LogP contribution < -0.4 is 5.32 Å². The number of nitrogens with one attached hydrogen (secondary N) is 1. The van der Waals surface area contributed by atoms with E-state index in [1.807, 2.05) is 11.3 Å². The molecule has 0 aromatic carbocycles. The maximum absolute atomic E-state index is 11.8. The molecule has 1 fully saturated rings. The molecule has 0 radical (unpaired) electrons. The van der Waals surface area contributed by atoms with Gasteiger partial charge in [-0.15, -0.1) is 11.3 Å². The largest absolute Gasteiger partial charge is 0.387 e. The van der Waals surface area contributed by atoms with Crippen LogP contribution in [0, 0.1) is 13.8 Å². The molecule has 1 aromatic rings. The first-order valence-corrected chi connectivity index (χ1v) is 9.08. The summed E-state index contributed by atoms with van der Waals surface area (Å²) in [5.74, 6) is 1.78. The Morgan fingerprint density at radius 2 is 2.30 bits per heavy atom. The molecular weight excluding hydrogens is 290 g/mol. The Bertz CT molecular complexity index is 464. The fraction of sp³-hybridized carbons (Fsp3) is 0.667. The van der Waals surface area contributed by atoms with Crippen LogP contribution in [-0.4, -0.2) is 34.7 Å². The molecule has 0 spiro atoms. The number of amides is 1. The molecule has 0 bridgehead atoms. The van der Waals surface area contributed by atoms with E-state index in [2.05, 4.69) is 25.2 Å². The lowest BCUT2D eigenvalue weighted by Crippen LogP contribution is -2.42. The molecule has 1 atom stereocenters. The second-order valence-corrected chi connectivity index (χ2v) is 8.16. The van der Waals surface area contributed by atoms with Gasteiger partial charge in [-0.05, 0) is 50.5 Å². The number of aryl methyl sites for hydroxylation is 3. The Morgan fingerprint density at radius 1 is 1.50 bits per heavy atom. The van der Waals surface area contributed by atoms with Crippen molar-refractivity contribution in [2.75, 3.05) is 18.1 Å². The topological polar surface area (TPSA) is 49.3 Å². The fourth-order valence-electron chi connectivity index (χ4n) is 2.46. The average Bonchev–Trinajstić information content (AvgIpc) is 2.95. The van der Waals surface area contributed by atoms with E-state index < -0.39 is 5.60 Å². The smallest absolute Gasteiger partial charge is 0.220 e. The first-order valence-electron chi connectivity index (χ1n) is 7.11. The van der Waals surface area contributed by atoms with E-state index in [-0.39, 0.29) is 5.91 Å². The number of carbonyl (C=O) groups excluding carboxylic acids is 1. The lowest BCUT2D eigenvalue weighted by atomic mass is 10.0. The number of rotatable bonds is 6. The fourth-order valence-corrected chi connectivity index (χ4v) is 4.73. The van der Waals surface area contributed by atoms with Gasteiger partial charge in [-0.25, -0.2) is 0 Å². The van der Waals surface area contributed by atoms with Crippen LogP contribution in [0.1, 0.15) is 34.6 Å². The van der Waals surface area contributed by atoms with Crippen molar-refractivity contribution in [1.29, 1.82) is 0 Å². The molecule has 0 saturated carbocycles. The lowest BCUT2D eigenvalue weighted by Gasteiger charge is -2.21. The van der Waals surface area contributed by atoms with Gasteiger partial charge in [-0.2, -0.15) is 11.8 Å². The zero-order valence-corrected chi connectivity index (χ0v) is 13.8. The Hall–Kier alpha value is -0.520. The molecule has 1 aromatic heterocycles. The molecule has 112 valence electrons. The van der Waals surface area contributed by atoms with Gasteiger partial charge in [-0.3, -0.25) is 4.79 Å². The molecule has 1 unspecified atom stereocenters. The summed E-state index contributed by atoms with van der Waals surface area (Å²) in [5.41, 5.74) is 0.688. The Balaban J connectivity index is 1.66. The van der Waals surface area contributed by atoms with Crippen molar-refractivity contribution < 1.29 is 9.90 Å². The maximum atomic E-state index is 11.8.